The van der Waals surface area contributed by atoms with Crippen molar-refractivity contribution in [1.82, 2.24) is 0 Å². The molecule has 0 amide bonds. The Labute approximate surface area is 73.7 Å². The largest absolute Gasteiger partial charge is 0.156 e. The first kappa shape index (κ1) is 10.6. The third kappa shape index (κ3) is 8.64. The Balaban J connectivity index is 3.04. The van der Waals surface area contributed by atoms with E-state index >= 15 is 0 Å². The van der Waals surface area contributed by atoms with Crippen molar-refractivity contribution in [1.29, 1.82) is 0 Å². The molecule has 0 N–H and O–H groups in total. The summed E-state index contributed by atoms with van der Waals surface area (Å²) in [4.78, 5) is 0. The highest BCUT2D eigenvalue weighted by Gasteiger charge is 2.08. The lowest BCUT2D eigenvalue weighted by Gasteiger charge is -2.16. The van der Waals surface area contributed by atoms with Gasteiger partial charge < -0.3 is 0 Å². The lowest BCUT2D eigenvalue weighted by molar-refractivity contribution is 0.795. The lowest BCUT2D eigenvalue weighted by Crippen LogP contribution is -2.08. The average Bonchev–Trinajstić information content (AvgIpc) is 1.78. The predicted octanol–water partition coefficient (Wildman–Crippen LogP) is 3.54. The van der Waals surface area contributed by atoms with Crippen molar-refractivity contribution in [2.75, 3.05) is 11.6 Å². The maximum Gasteiger partial charge on any atom is 0.0223 e. The van der Waals surface area contributed by atoms with E-state index in [0.29, 0.717) is 4.75 Å². The minimum absolute atomic E-state index is 0.423. The molecule has 2 heteroatoms. The van der Waals surface area contributed by atoms with Crippen LogP contribution in [0, 0.1) is 0 Å². The smallest absolute Gasteiger partial charge is 0.0223 e. The number of hydrogen-bond acceptors (Lipinski definition) is 1. The summed E-state index contributed by atoms with van der Waals surface area (Å²) < 4.78 is 0.423. The quantitative estimate of drug-likeness (QED) is 0.471. The van der Waals surface area contributed by atoms with E-state index in [4.69, 9.17) is 11.6 Å². The first-order valence-corrected chi connectivity index (χ1v) is 5.28. The second kappa shape index (κ2) is 5.31. The normalized spacial score (nSPS) is 12.0. The van der Waals surface area contributed by atoms with Crippen LogP contribution in [0.25, 0.3) is 0 Å². The summed E-state index contributed by atoms with van der Waals surface area (Å²) >= 11 is 7.56. The molecule has 0 spiro atoms. The van der Waals surface area contributed by atoms with Crippen LogP contribution in [0.4, 0.5) is 0 Å². The highest BCUT2D eigenvalue weighted by Crippen LogP contribution is 2.23. The minimum Gasteiger partial charge on any atom is -0.156 e. The Bertz CT molecular complexity index is 75.8. The summed E-state index contributed by atoms with van der Waals surface area (Å²) in [6.07, 6.45) is 2.41. The molecular formula is C8H17ClS. The number of hydrogen-bond donors (Lipinski definition) is 0. The molecule has 0 unspecified atom stereocenters. The van der Waals surface area contributed by atoms with Crippen LogP contribution < -0.4 is 0 Å². The fraction of sp³-hybridized carbons (Fsp3) is 1.00. The minimum atomic E-state index is 0.423. The van der Waals surface area contributed by atoms with Crippen LogP contribution >= 0.6 is 23.4 Å². The van der Waals surface area contributed by atoms with Crippen LogP contribution in [-0.4, -0.2) is 16.4 Å². The van der Waals surface area contributed by atoms with E-state index in [1.165, 1.54) is 12.2 Å². The molecule has 0 aliphatic carbocycles. The van der Waals surface area contributed by atoms with Gasteiger partial charge in [0.25, 0.3) is 0 Å². The monoisotopic (exact) mass is 180 g/mol. The molecule has 0 radical (unpaired) electrons. The van der Waals surface area contributed by atoms with Crippen LogP contribution in [-0.2, 0) is 0 Å². The number of halogens is 1. The van der Waals surface area contributed by atoms with Crippen LogP contribution in [0.3, 0.4) is 0 Å². The molecule has 0 aromatic carbocycles. The maximum absolute atomic E-state index is 5.54. The standard InChI is InChI=1S/C8H17ClS/c1-8(2,3)10-7-5-4-6-9/h4-7H2,1-3H3. The van der Waals surface area contributed by atoms with Crippen molar-refractivity contribution in [3.05, 3.63) is 0 Å². The van der Waals surface area contributed by atoms with Crippen molar-refractivity contribution in [3.8, 4) is 0 Å². The summed E-state index contributed by atoms with van der Waals surface area (Å²) in [7, 11) is 0. The van der Waals surface area contributed by atoms with Crippen molar-refractivity contribution in [2.45, 2.75) is 38.4 Å². The van der Waals surface area contributed by atoms with Crippen molar-refractivity contribution in [2.24, 2.45) is 0 Å². The van der Waals surface area contributed by atoms with E-state index in [1.807, 2.05) is 11.8 Å². The maximum atomic E-state index is 5.54. The highest BCUT2D eigenvalue weighted by molar-refractivity contribution is 8.00. The Morgan fingerprint density at radius 1 is 1.20 bits per heavy atom. The van der Waals surface area contributed by atoms with E-state index in [9.17, 15) is 0 Å². The van der Waals surface area contributed by atoms with E-state index in [-0.39, 0.29) is 0 Å². The molecule has 0 atom stereocenters. The molecule has 0 fully saturated rings. The van der Waals surface area contributed by atoms with Gasteiger partial charge in [-0.3, -0.25) is 0 Å². The van der Waals surface area contributed by atoms with E-state index in [1.54, 1.807) is 0 Å². The third-order valence-electron chi connectivity index (χ3n) is 1.06. The van der Waals surface area contributed by atoms with Gasteiger partial charge in [-0.05, 0) is 18.6 Å². The zero-order chi connectivity index (χ0) is 8.04. The molecule has 62 valence electrons. The Morgan fingerprint density at radius 3 is 2.20 bits per heavy atom. The molecular weight excluding hydrogens is 164 g/mol. The number of unbranched alkanes of at least 4 members (excludes halogenated alkanes) is 1. The molecule has 0 aromatic heterocycles. The molecule has 0 nitrogen and oxygen atoms in total. The van der Waals surface area contributed by atoms with Crippen LogP contribution in [0.5, 0.6) is 0 Å². The molecule has 0 saturated carbocycles. The van der Waals surface area contributed by atoms with Gasteiger partial charge in [-0.25, -0.2) is 0 Å². The first-order chi connectivity index (χ1) is 4.56. The summed E-state index contributed by atoms with van der Waals surface area (Å²) in [5.74, 6) is 2.06. The van der Waals surface area contributed by atoms with Crippen molar-refractivity contribution >= 4 is 23.4 Å². The summed E-state index contributed by atoms with van der Waals surface area (Å²) in [6.45, 7) is 6.75. The van der Waals surface area contributed by atoms with Gasteiger partial charge in [0.1, 0.15) is 0 Å². The Kier molecular flexibility index (Phi) is 5.65. The molecule has 10 heavy (non-hydrogen) atoms. The summed E-state index contributed by atoms with van der Waals surface area (Å²) in [5.41, 5.74) is 0. The second-order valence-electron chi connectivity index (χ2n) is 3.36. The first-order valence-electron chi connectivity index (χ1n) is 3.76. The average molecular weight is 181 g/mol. The summed E-state index contributed by atoms with van der Waals surface area (Å²) in [6, 6.07) is 0. The zero-order valence-electron chi connectivity index (χ0n) is 7.11. The predicted molar refractivity (Wildman–Crippen MR) is 52.2 cm³/mol. The molecule has 0 aliphatic rings. The molecule has 0 aliphatic heterocycles. The van der Waals surface area contributed by atoms with Gasteiger partial charge in [-0.15, -0.1) is 11.6 Å². The fourth-order valence-corrected chi connectivity index (χ4v) is 1.72. The lowest BCUT2D eigenvalue weighted by atomic mass is 10.3. The van der Waals surface area contributed by atoms with E-state index < -0.39 is 0 Å². The van der Waals surface area contributed by atoms with E-state index in [0.717, 1.165) is 12.3 Å². The van der Waals surface area contributed by atoms with Crippen LogP contribution in [0.2, 0.25) is 0 Å². The van der Waals surface area contributed by atoms with Gasteiger partial charge in [0.15, 0.2) is 0 Å². The van der Waals surface area contributed by atoms with Gasteiger partial charge in [0, 0.05) is 10.6 Å². The SMILES string of the molecule is CC(C)(C)SCCCCCl. The third-order valence-corrected chi connectivity index (χ3v) is 2.69. The number of thioether (sulfide) groups is 1. The fourth-order valence-electron chi connectivity index (χ4n) is 0.575. The zero-order valence-corrected chi connectivity index (χ0v) is 8.69. The second-order valence-corrected chi connectivity index (χ2v) is 5.66. The van der Waals surface area contributed by atoms with Crippen LogP contribution in [0.1, 0.15) is 33.6 Å². The van der Waals surface area contributed by atoms with Gasteiger partial charge >= 0.3 is 0 Å². The van der Waals surface area contributed by atoms with Gasteiger partial charge in [0.2, 0.25) is 0 Å². The highest BCUT2D eigenvalue weighted by atomic mass is 35.5. The molecule has 0 saturated heterocycles. The molecule has 0 rings (SSSR count). The Hall–Kier alpha value is 0.640. The topological polar surface area (TPSA) is 0 Å². The molecule has 0 aromatic rings. The van der Waals surface area contributed by atoms with Gasteiger partial charge in [-0.1, -0.05) is 20.8 Å². The summed E-state index contributed by atoms with van der Waals surface area (Å²) in [5, 5.41) is 0. The van der Waals surface area contributed by atoms with Crippen molar-refractivity contribution in [3.63, 3.8) is 0 Å². The molecule has 0 heterocycles. The Morgan fingerprint density at radius 2 is 1.80 bits per heavy atom. The number of alkyl halides is 1. The van der Waals surface area contributed by atoms with Gasteiger partial charge in [0.05, 0.1) is 0 Å². The van der Waals surface area contributed by atoms with Crippen LogP contribution in [0.15, 0.2) is 0 Å². The van der Waals surface area contributed by atoms with Crippen molar-refractivity contribution < 1.29 is 0 Å². The molecule has 0 bridgehead atoms. The van der Waals surface area contributed by atoms with E-state index in [2.05, 4.69) is 20.8 Å². The van der Waals surface area contributed by atoms with Gasteiger partial charge in [-0.2, -0.15) is 11.8 Å². The number of rotatable bonds is 4.